The van der Waals surface area contributed by atoms with Crippen LogP contribution in [0.4, 0.5) is 0 Å². The number of nitrogens with one attached hydrogen (secondary N) is 2. The zero-order chi connectivity index (χ0) is 12.8. The Labute approximate surface area is 107 Å². The van der Waals surface area contributed by atoms with Crippen molar-refractivity contribution in [3.63, 3.8) is 0 Å². The molecule has 1 unspecified atom stereocenters. The summed E-state index contributed by atoms with van der Waals surface area (Å²) in [6.07, 6.45) is 5.02. The van der Waals surface area contributed by atoms with E-state index in [0.29, 0.717) is 24.7 Å². The van der Waals surface area contributed by atoms with Crippen molar-refractivity contribution in [2.75, 3.05) is 13.1 Å². The normalized spacial score (nSPS) is 20.4. The Bertz CT molecular complexity index is 383. The van der Waals surface area contributed by atoms with Crippen LogP contribution >= 0.6 is 0 Å². The van der Waals surface area contributed by atoms with Crippen LogP contribution in [0.1, 0.15) is 37.4 Å². The van der Waals surface area contributed by atoms with Crippen LogP contribution < -0.4 is 10.6 Å². The first kappa shape index (κ1) is 13.0. The largest absolute Gasteiger partial charge is 0.354 e. The van der Waals surface area contributed by atoms with Crippen LogP contribution in [0.3, 0.4) is 0 Å². The Kier molecular flexibility index (Phi) is 4.69. The number of aromatic nitrogens is 2. The Balaban J connectivity index is 1.70. The fraction of sp³-hybridized carbons (Fsp3) is 0.750. The van der Waals surface area contributed by atoms with Crippen molar-refractivity contribution >= 4 is 5.91 Å². The van der Waals surface area contributed by atoms with Gasteiger partial charge in [0.25, 0.3) is 0 Å². The molecular formula is C12H20N4O2. The molecule has 0 aromatic carbocycles. The number of amides is 1. The van der Waals surface area contributed by atoms with Gasteiger partial charge in [0, 0.05) is 19.9 Å². The first-order chi connectivity index (χ1) is 8.75. The molecule has 18 heavy (non-hydrogen) atoms. The van der Waals surface area contributed by atoms with Crippen molar-refractivity contribution in [2.45, 2.75) is 45.1 Å². The van der Waals surface area contributed by atoms with E-state index in [1.165, 1.54) is 6.42 Å². The first-order valence-electron chi connectivity index (χ1n) is 6.56. The highest BCUT2D eigenvalue weighted by atomic mass is 16.5. The maximum Gasteiger partial charge on any atom is 0.237 e. The van der Waals surface area contributed by atoms with Crippen molar-refractivity contribution in [3.8, 4) is 0 Å². The maximum atomic E-state index is 11.9. The molecule has 6 heteroatoms. The summed E-state index contributed by atoms with van der Waals surface area (Å²) in [6, 6.07) is -0.0421. The minimum absolute atomic E-state index is 0.0421. The summed E-state index contributed by atoms with van der Waals surface area (Å²) in [7, 11) is 0. The summed E-state index contributed by atoms with van der Waals surface area (Å²) in [4.78, 5) is 16.0. The molecule has 2 rings (SSSR count). The lowest BCUT2D eigenvalue weighted by Crippen LogP contribution is -2.44. The lowest BCUT2D eigenvalue weighted by atomic mass is 10.1. The van der Waals surface area contributed by atoms with Crippen LogP contribution in [0.5, 0.6) is 0 Å². The van der Waals surface area contributed by atoms with Gasteiger partial charge in [-0.25, -0.2) is 0 Å². The smallest absolute Gasteiger partial charge is 0.237 e. The number of rotatable bonds is 4. The molecule has 0 spiro atoms. The van der Waals surface area contributed by atoms with Crippen molar-refractivity contribution in [1.82, 2.24) is 20.8 Å². The number of nitrogens with zero attached hydrogens (tertiary/aromatic N) is 2. The molecule has 1 aliphatic heterocycles. The third-order valence-corrected chi connectivity index (χ3v) is 3.09. The molecule has 1 amide bonds. The van der Waals surface area contributed by atoms with Gasteiger partial charge in [-0.2, -0.15) is 4.98 Å². The van der Waals surface area contributed by atoms with Crippen molar-refractivity contribution in [3.05, 3.63) is 11.7 Å². The number of hydrogen-bond acceptors (Lipinski definition) is 5. The summed E-state index contributed by atoms with van der Waals surface area (Å²) in [5.41, 5.74) is 0. The topological polar surface area (TPSA) is 80.0 Å². The fourth-order valence-electron chi connectivity index (χ4n) is 2.12. The van der Waals surface area contributed by atoms with E-state index in [1.807, 2.05) is 0 Å². The third kappa shape index (κ3) is 3.80. The van der Waals surface area contributed by atoms with E-state index >= 15 is 0 Å². The first-order valence-corrected chi connectivity index (χ1v) is 6.56. The summed E-state index contributed by atoms with van der Waals surface area (Å²) < 4.78 is 4.87. The van der Waals surface area contributed by atoms with E-state index in [4.69, 9.17) is 4.52 Å². The molecule has 1 atom stereocenters. The average molecular weight is 252 g/mol. The summed E-state index contributed by atoms with van der Waals surface area (Å²) in [5, 5.41) is 9.97. The highest BCUT2D eigenvalue weighted by Crippen LogP contribution is 2.08. The fourth-order valence-corrected chi connectivity index (χ4v) is 2.12. The molecule has 1 aromatic rings. The highest BCUT2D eigenvalue weighted by Gasteiger charge is 2.18. The van der Waals surface area contributed by atoms with Gasteiger partial charge >= 0.3 is 0 Å². The van der Waals surface area contributed by atoms with Crippen LogP contribution in [0.2, 0.25) is 0 Å². The molecule has 1 fully saturated rings. The van der Waals surface area contributed by atoms with Gasteiger partial charge in [-0.3, -0.25) is 4.79 Å². The molecule has 0 radical (unpaired) electrons. The quantitative estimate of drug-likeness (QED) is 0.819. The molecule has 0 aliphatic carbocycles. The van der Waals surface area contributed by atoms with Crippen LogP contribution in [-0.2, 0) is 11.2 Å². The second-order valence-corrected chi connectivity index (χ2v) is 4.63. The summed E-state index contributed by atoms with van der Waals surface area (Å²) >= 11 is 0. The van der Waals surface area contributed by atoms with Gasteiger partial charge < -0.3 is 15.2 Å². The second-order valence-electron chi connectivity index (χ2n) is 4.63. The Hall–Kier alpha value is -1.43. The summed E-state index contributed by atoms with van der Waals surface area (Å²) in [6.45, 7) is 3.24. The molecule has 2 heterocycles. The van der Waals surface area contributed by atoms with Gasteiger partial charge in [-0.15, -0.1) is 0 Å². The molecule has 100 valence electrons. The van der Waals surface area contributed by atoms with Crippen molar-refractivity contribution in [2.24, 2.45) is 0 Å². The van der Waals surface area contributed by atoms with Gasteiger partial charge in [0.05, 0.1) is 6.04 Å². The predicted octanol–water partition coefficient (Wildman–Crippen LogP) is 0.569. The second kappa shape index (κ2) is 6.49. The number of carbonyl (C=O) groups excluding carboxylic acids is 1. The third-order valence-electron chi connectivity index (χ3n) is 3.09. The standard InChI is InChI=1S/C12H20N4O2/c1-9-15-11(16-18-9)6-8-14-12(17)10-5-3-2-4-7-13-10/h10,13H,2-8H2,1H3,(H,14,17). The molecule has 1 aliphatic rings. The number of hydrogen-bond donors (Lipinski definition) is 2. The highest BCUT2D eigenvalue weighted by molar-refractivity contribution is 5.81. The van der Waals surface area contributed by atoms with Gasteiger partial charge in [-0.1, -0.05) is 18.0 Å². The Morgan fingerprint density at radius 2 is 2.39 bits per heavy atom. The van der Waals surface area contributed by atoms with E-state index in [-0.39, 0.29) is 11.9 Å². The monoisotopic (exact) mass is 252 g/mol. The summed E-state index contributed by atoms with van der Waals surface area (Å²) in [5.74, 6) is 1.28. The van der Waals surface area contributed by atoms with E-state index in [2.05, 4.69) is 20.8 Å². The van der Waals surface area contributed by atoms with Gasteiger partial charge in [0.1, 0.15) is 0 Å². The molecule has 1 aromatic heterocycles. The minimum atomic E-state index is -0.0421. The molecule has 0 bridgehead atoms. The van der Waals surface area contributed by atoms with E-state index in [9.17, 15) is 4.79 Å². The van der Waals surface area contributed by atoms with Gasteiger partial charge in [-0.05, 0) is 19.4 Å². The molecule has 0 saturated carbocycles. The molecule has 1 saturated heterocycles. The van der Waals surface area contributed by atoms with Crippen LogP contribution in [0.15, 0.2) is 4.52 Å². The average Bonchev–Trinajstić information content (AvgIpc) is 2.63. The Morgan fingerprint density at radius 3 is 3.17 bits per heavy atom. The van der Waals surface area contributed by atoms with Crippen LogP contribution in [-0.4, -0.2) is 35.2 Å². The lowest BCUT2D eigenvalue weighted by molar-refractivity contribution is -0.123. The molecule has 6 nitrogen and oxygen atoms in total. The number of carbonyl (C=O) groups is 1. The number of aryl methyl sites for hydroxylation is 1. The van der Waals surface area contributed by atoms with Crippen LogP contribution in [0.25, 0.3) is 0 Å². The van der Waals surface area contributed by atoms with Gasteiger partial charge in [0.2, 0.25) is 11.8 Å². The van der Waals surface area contributed by atoms with E-state index in [0.717, 1.165) is 25.8 Å². The lowest BCUT2D eigenvalue weighted by Gasteiger charge is -2.14. The van der Waals surface area contributed by atoms with E-state index in [1.54, 1.807) is 6.92 Å². The zero-order valence-corrected chi connectivity index (χ0v) is 10.7. The van der Waals surface area contributed by atoms with E-state index < -0.39 is 0 Å². The SMILES string of the molecule is Cc1nc(CCNC(=O)C2CCCCCN2)no1. The van der Waals surface area contributed by atoms with Crippen molar-refractivity contribution in [1.29, 1.82) is 0 Å². The predicted molar refractivity (Wildman–Crippen MR) is 66.0 cm³/mol. The van der Waals surface area contributed by atoms with Crippen molar-refractivity contribution < 1.29 is 9.32 Å². The Morgan fingerprint density at radius 1 is 1.50 bits per heavy atom. The van der Waals surface area contributed by atoms with Crippen LogP contribution in [0, 0.1) is 6.92 Å². The maximum absolute atomic E-state index is 11.9. The molecular weight excluding hydrogens is 232 g/mol. The molecule has 2 N–H and O–H groups in total. The van der Waals surface area contributed by atoms with Gasteiger partial charge in [0.15, 0.2) is 5.82 Å². The minimum Gasteiger partial charge on any atom is -0.354 e. The zero-order valence-electron chi connectivity index (χ0n) is 10.7.